The van der Waals surface area contributed by atoms with Crippen molar-refractivity contribution in [3.8, 4) is 0 Å². The molecule has 0 aromatic heterocycles. The van der Waals surface area contributed by atoms with Crippen molar-refractivity contribution in [2.24, 2.45) is 0 Å². The van der Waals surface area contributed by atoms with Crippen LogP contribution in [0, 0.1) is 0 Å². The number of hydrogen-bond donors (Lipinski definition) is 0. The first-order valence-electron chi connectivity index (χ1n) is 7.59. The molecule has 2 rings (SSSR count). The van der Waals surface area contributed by atoms with Gasteiger partial charge in [0.15, 0.2) is 0 Å². The predicted octanol–water partition coefficient (Wildman–Crippen LogP) is 2.22. The highest BCUT2D eigenvalue weighted by Gasteiger charge is 2.30. The van der Waals surface area contributed by atoms with E-state index in [0.717, 1.165) is 31.9 Å². The largest absolute Gasteiger partial charge is 0.468 e. The summed E-state index contributed by atoms with van der Waals surface area (Å²) < 4.78 is 4.95. The SMILES string of the molecule is COC(=O)C(CN(C)C)N1CCN(c2ccc(Cl)c(Cl)c2)CC1. The molecule has 1 unspecified atom stereocenters. The van der Waals surface area contributed by atoms with Crippen LogP contribution in [0.3, 0.4) is 0 Å². The highest BCUT2D eigenvalue weighted by atomic mass is 35.5. The standard InChI is InChI=1S/C16H23Cl2N3O2/c1-19(2)11-15(16(22)23-3)21-8-6-20(7-9-21)12-4-5-13(17)14(18)10-12/h4-5,10,15H,6-9,11H2,1-3H3. The van der Waals surface area contributed by atoms with Crippen LogP contribution in [0.1, 0.15) is 0 Å². The molecule has 0 spiro atoms. The molecule has 0 radical (unpaired) electrons. The van der Waals surface area contributed by atoms with Crippen molar-refractivity contribution >= 4 is 34.9 Å². The molecule has 1 aromatic carbocycles. The van der Waals surface area contributed by atoms with Gasteiger partial charge in [0.05, 0.1) is 17.2 Å². The number of ether oxygens (including phenoxy) is 1. The van der Waals surface area contributed by atoms with Gasteiger partial charge in [-0.05, 0) is 32.3 Å². The zero-order valence-electron chi connectivity index (χ0n) is 13.8. The number of benzene rings is 1. The van der Waals surface area contributed by atoms with Gasteiger partial charge in [0, 0.05) is 38.4 Å². The van der Waals surface area contributed by atoms with Crippen molar-refractivity contribution in [3.63, 3.8) is 0 Å². The number of likely N-dealkylation sites (N-methyl/N-ethyl adjacent to an activating group) is 1. The summed E-state index contributed by atoms with van der Waals surface area (Å²) in [6, 6.07) is 5.44. The lowest BCUT2D eigenvalue weighted by molar-refractivity contribution is -0.147. The number of esters is 1. The topological polar surface area (TPSA) is 36.0 Å². The first-order chi connectivity index (χ1) is 10.9. The minimum atomic E-state index is -0.231. The molecule has 7 heteroatoms. The third-order valence-electron chi connectivity index (χ3n) is 4.03. The highest BCUT2D eigenvalue weighted by molar-refractivity contribution is 6.42. The van der Waals surface area contributed by atoms with Crippen LogP contribution < -0.4 is 4.90 Å². The lowest BCUT2D eigenvalue weighted by Gasteiger charge is -2.39. The van der Waals surface area contributed by atoms with Gasteiger partial charge in [-0.15, -0.1) is 0 Å². The van der Waals surface area contributed by atoms with Crippen LogP contribution in [0.15, 0.2) is 18.2 Å². The summed E-state index contributed by atoms with van der Waals surface area (Å²) in [7, 11) is 5.36. The third-order valence-corrected chi connectivity index (χ3v) is 4.77. The minimum absolute atomic E-state index is 0.179. The number of rotatable bonds is 5. The summed E-state index contributed by atoms with van der Waals surface area (Å²) in [5.41, 5.74) is 1.06. The first-order valence-corrected chi connectivity index (χ1v) is 8.34. The Bertz CT molecular complexity index is 546. The lowest BCUT2D eigenvalue weighted by Crippen LogP contribution is -2.55. The highest BCUT2D eigenvalue weighted by Crippen LogP contribution is 2.28. The summed E-state index contributed by atoms with van der Waals surface area (Å²) in [5, 5.41) is 1.12. The average Bonchev–Trinajstić information content (AvgIpc) is 2.54. The number of carbonyl (C=O) groups is 1. The lowest BCUT2D eigenvalue weighted by atomic mass is 10.1. The van der Waals surface area contributed by atoms with E-state index < -0.39 is 0 Å². The van der Waals surface area contributed by atoms with Crippen LogP contribution in [0.25, 0.3) is 0 Å². The number of carbonyl (C=O) groups excluding carboxylic acids is 1. The van der Waals surface area contributed by atoms with Gasteiger partial charge in [0.2, 0.25) is 0 Å². The maximum Gasteiger partial charge on any atom is 0.324 e. The predicted molar refractivity (Wildman–Crippen MR) is 94.6 cm³/mol. The molecule has 1 aromatic rings. The van der Waals surface area contributed by atoms with Gasteiger partial charge < -0.3 is 14.5 Å². The van der Waals surface area contributed by atoms with Crippen LogP contribution in [0.4, 0.5) is 5.69 Å². The molecule has 23 heavy (non-hydrogen) atoms. The normalized spacial score (nSPS) is 17.4. The third kappa shape index (κ3) is 4.73. The summed E-state index contributed by atoms with van der Waals surface area (Å²) in [6.07, 6.45) is 0. The molecular formula is C16H23Cl2N3O2. The van der Waals surface area contributed by atoms with Gasteiger partial charge in [0.1, 0.15) is 6.04 Å². The Balaban J connectivity index is 2.01. The Morgan fingerprint density at radius 1 is 1.22 bits per heavy atom. The van der Waals surface area contributed by atoms with Gasteiger partial charge >= 0.3 is 5.97 Å². The molecule has 5 nitrogen and oxygen atoms in total. The van der Waals surface area contributed by atoms with Gasteiger partial charge in [0.25, 0.3) is 0 Å². The van der Waals surface area contributed by atoms with E-state index in [1.165, 1.54) is 7.11 Å². The van der Waals surface area contributed by atoms with Crippen molar-refractivity contribution in [2.75, 3.05) is 58.8 Å². The fourth-order valence-corrected chi connectivity index (χ4v) is 3.09. The summed E-state index contributed by atoms with van der Waals surface area (Å²) in [5.74, 6) is -0.179. The van der Waals surface area contributed by atoms with Crippen molar-refractivity contribution in [3.05, 3.63) is 28.2 Å². The molecule has 0 aliphatic carbocycles. The van der Waals surface area contributed by atoms with E-state index in [1.807, 2.05) is 37.2 Å². The van der Waals surface area contributed by atoms with Crippen LogP contribution in [-0.4, -0.2) is 75.7 Å². The second kappa shape index (κ2) is 8.20. The maximum atomic E-state index is 12.0. The molecule has 1 aliphatic heterocycles. The number of piperazine rings is 1. The summed E-state index contributed by atoms with van der Waals surface area (Å²) in [4.78, 5) is 18.5. The Kier molecular flexibility index (Phi) is 6.53. The van der Waals surface area contributed by atoms with Gasteiger partial charge in [-0.25, -0.2) is 0 Å². The molecule has 1 saturated heterocycles. The molecule has 0 saturated carbocycles. The zero-order valence-corrected chi connectivity index (χ0v) is 15.3. The van der Waals surface area contributed by atoms with Crippen LogP contribution in [0.5, 0.6) is 0 Å². The van der Waals surface area contributed by atoms with E-state index in [9.17, 15) is 4.79 Å². The molecular weight excluding hydrogens is 337 g/mol. The Morgan fingerprint density at radius 2 is 1.87 bits per heavy atom. The van der Waals surface area contributed by atoms with E-state index in [4.69, 9.17) is 27.9 Å². The zero-order chi connectivity index (χ0) is 17.0. The molecule has 1 fully saturated rings. The fraction of sp³-hybridized carbons (Fsp3) is 0.562. The quantitative estimate of drug-likeness (QED) is 0.753. The average molecular weight is 360 g/mol. The molecule has 0 bridgehead atoms. The molecule has 1 aliphatic rings. The van der Waals surface area contributed by atoms with E-state index >= 15 is 0 Å². The monoisotopic (exact) mass is 359 g/mol. The Labute approximate surface area is 147 Å². The number of hydrogen-bond acceptors (Lipinski definition) is 5. The molecule has 1 atom stereocenters. The maximum absolute atomic E-state index is 12.0. The number of halogens is 2. The van der Waals surface area contributed by atoms with Crippen LogP contribution >= 0.6 is 23.2 Å². The van der Waals surface area contributed by atoms with Crippen LogP contribution in [0.2, 0.25) is 10.0 Å². The first kappa shape index (κ1) is 18.3. The van der Waals surface area contributed by atoms with E-state index in [1.54, 1.807) is 0 Å². The molecule has 0 N–H and O–H groups in total. The molecule has 128 valence electrons. The number of anilines is 1. The second-order valence-corrected chi connectivity index (χ2v) is 6.74. The second-order valence-electron chi connectivity index (χ2n) is 5.92. The minimum Gasteiger partial charge on any atom is -0.468 e. The Hall–Kier alpha value is -1.01. The van der Waals surface area contributed by atoms with Crippen molar-refractivity contribution in [1.82, 2.24) is 9.80 Å². The van der Waals surface area contributed by atoms with Crippen molar-refractivity contribution < 1.29 is 9.53 Å². The Morgan fingerprint density at radius 3 is 2.39 bits per heavy atom. The van der Waals surface area contributed by atoms with Gasteiger partial charge in [-0.2, -0.15) is 0 Å². The van der Waals surface area contributed by atoms with E-state index in [-0.39, 0.29) is 12.0 Å². The van der Waals surface area contributed by atoms with E-state index in [2.05, 4.69) is 9.80 Å². The summed E-state index contributed by atoms with van der Waals surface area (Å²) in [6.45, 7) is 3.92. The molecule has 1 heterocycles. The van der Waals surface area contributed by atoms with Crippen molar-refractivity contribution in [1.29, 1.82) is 0 Å². The van der Waals surface area contributed by atoms with Crippen molar-refractivity contribution in [2.45, 2.75) is 6.04 Å². The van der Waals surface area contributed by atoms with Crippen LogP contribution in [-0.2, 0) is 9.53 Å². The van der Waals surface area contributed by atoms with Gasteiger partial charge in [-0.1, -0.05) is 23.2 Å². The smallest absolute Gasteiger partial charge is 0.324 e. The fourth-order valence-electron chi connectivity index (χ4n) is 2.79. The number of methoxy groups -OCH3 is 1. The molecule has 0 amide bonds. The van der Waals surface area contributed by atoms with E-state index in [0.29, 0.717) is 16.6 Å². The number of nitrogens with zero attached hydrogens (tertiary/aromatic N) is 3. The van der Waals surface area contributed by atoms with Gasteiger partial charge in [-0.3, -0.25) is 9.69 Å². The summed E-state index contributed by atoms with van der Waals surface area (Å²) >= 11 is 12.1.